The summed E-state index contributed by atoms with van der Waals surface area (Å²) in [6, 6.07) is 56.1. The van der Waals surface area contributed by atoms with Gasteiger partial charge in [0.2, 0.25) is 0 Å². The van der Waals surface area contributed by atoms with E-state index in [0.717, 1.165) is 54.9 Å². The molecule has 6 aromatic heterocycles. The summed E-state index contributed by atoms with van der Waals surface area (Å²) in [5.74, 6) is 1.32. The number of hydrogen-bond donors (Lipinski definition) is 1. The van der Waals surface area contributed by atoms with E-state index in [2.05, 4.69) is 15.0 Å². The number of nitrogens with zero attached hydrogens (tertiary/aromatic N) is 6. The summed E-state index contributed by atoms with van der Waals surface area (Å²) in [5, 5.41) is 13.2. The number of carboxylic acids is 1. The van der Waals surface area contributed by atoms with Crippen LogP contribution in [0.3, 0.4) is 0 Å². The van der Waals surface area contributed by atoms with Crippen molar-refractivity contribution in [3.63, 3.8) is 0 Å². The van der Waals surface area contributed by atoms with Crippen molar-refractivity contribution in [3.8, 4) is 34.5 Å². The lowest BCUT2D eigenvalue weighted by Gasteiger charge is -2.24. The van der Waals surface area contributed by atoms with Crippen molar-refractivity contribution in [2.75, 3.05) is 21.3 Å². The molecule has 1 N–H and O–H groups in total. The van der Waals surface area contributed by atoms with E-state index in [0.29, 0.717) is 116 Å². The van der Waals surface area contributed by atoms with Crippen LogP contribution >= 0.6 is 68.0 Å². The van der Waals surface area contributed by atoms with E-state index >= 15 is 0 Å². The summed E-state index contributed by atoms with van der Waals surface area (Å²) < 4.78 is 57.5. The maximum Gasteiger partial charge on any atom is 0.338 e. The molecule has 0 aliphatic carbocycles. The quantitative estimate of drug-likeness (QED) is 0.0435. The second-order valence-electron chi connectivity index (χ2n) is 28.2. The van der Waals surface area contributed by atoms with Gasteiger partial charge in [0.1, 0.15) is 37.9 Å². The fourth-order valence-electron chi connectivity index (χ4n) is 13.1. The fourth-order valence-corrected chi connectivity index (χ4v) is 18.7. The summed E-state index contributed by atoms with van der Waals surface area (Å²) >= 11 is 8.33. The zero-order valence-corrected chi connectivity index (χ0v) is 73.4. The molecule has 6 aromatic carbocycles. The van der Waals surface area contributed by atoms with E-state index in [4.69, 9.17) is 52.5 Å². The van der Waals surface area contributed by atoms with Crippen molar-refractivity contribution in [2.45, 2.75) is 125 Å². The Morgan fingerprint density at radius 2 is 0.645 bits per heavy atom. The van der Waals surface area contributed by atoms with Gasteiger partial charge in [0.25, 0.3) is 22.6 Å². The van der Waals surface area contributed by atoms with Crippen LogP contribution in [-0.4, -0.2) is 82.3 Å². The van der Waals surface area contributed by atoms with E-state index in [-0.39, 0.29) is 35.0 Å². The maximum absolute atomic E-state index is 13.8. The van der Waals surface area contributed by atoms with E-state index in [1.807, 2.05) is 216 Å². The van der Waals surface area contributed by atoms with Gasteiger partial charge in [0.05, 0.1) is 87.0 Å². The van der Waals surface area contributed by atoms with Crippen LogP contribution in [0.5, 0.6) is 34.5 Å². The average Bonchev–Trinajstić information content (AvgIpc) is 1.72. The predicted octanol–water partition coefficient (Wildman–Crippen LogP) is 14.6. The third-order valence-corrected chi connectivity index (χ3v) is 24.1. The number of allylic oxidation sites excluding steroid dienone is 3. The third kappa shape index (κ3) is 21.4. The zero-order chi connectivity index (χ0) is 86.1. The number of esters is 3. The summed E-state index contributed by atoms with van der Waals surface area (Å²) in [6.07, 6.45) is 4.56. The minimum absolute atomic E-state index is 0.220. The second kappa shape index (κ2) is 40.6. The van der Waals surface area contributed by atoms with Crippen molar-refractivity contribution < 1.29 is 66.9 Å². The number of carboxylic acid groups (broad SMARTS) is 1. The first kappa shape index (κ1) is 87.9. The molecule has 29 heteroatoms. The van der Waals surface area contributed by atoms with Crippen molar-refractivity contribution in [2.24, 2.45) is 15.0 Å². The van der Waals surface area contributed by atoms with Crippen molar-refractivity contribution in [1.82, 2.24) is 13.7 Å². The monoisotopic (exact) mass is 1740 g/mol. The highest BCUT2D eigenvalue weighted by atomic mass is 32.1. The van der Waals surface area contributed by atoms with Crippen LogP contribution < -0.4 is 73.1 Å². The highest BCUT2D eigenvalue weighted by molar-refractivity contribution is 7.11. The summed E-state index contributed by atoms with van der Waals surface area (Å²) in [6.45, 7) is 18.5. The Bertz CT molecular complexity index is 5830. The van der Waals surface area contributed by atoms with Gasteiger partial charge in [-0.25, -0.2) is 29.4 Å². The first-order valence-electron chi connectivity index (χ1n) is 38.3. The van der Waals surface area contributed by atoms with E-state index < -0.39 is 42.0 Å². The lowest BCUT2D eigenvalue weighted by Crippen LogP contribution is -2.39. The topological polar surface area (TPSA) is 275 Å². The SMILES string of the molecule is CC(=O)O.COc1cc(/C=c2/sc3n(c2=O)C(c2cccs2)C(C(=O)OC(C)C)=C(C)N=3)ccc1OCc1ccccc1.COc1cc(/C=c2/sc3n(c2=O)C(c2cccs2)C(C(=O)OC(C)C)=C(C)N=3)ccc1OCc1ccccc1.COc1cc(/C=c2/sc3n(c2=O)C(c2cccs2)C(C(=O)OC(C)C)=C(C)N=3)ccc1OCc1ccccc1. The van der Waals surface area contributed by atoms with Crippen LogP contribution in [0.2, 0.25) is 0 Å². The normalized spacial score (nSPS) is 14.9. The lowest BCUT2D eigenvalue weighted by atomic mass is 10.0. The average molecular weight is 1740 g/mol. The first-order chi connectivity index (χ1) is 58.3. The van der Waals surface area contributed by atoms with Gasteiger partial charge in [-0.05, 0) is 185 Å². The largest absolute Gasteiger partial charge is 0.493 e. The molecule has 0 radical (unpaired) electrons. The number of ether oxygens (including phenoxy) is 9. The number of rotatable bonds is 24. The van der Waals surface area contributed by atoms with Gasteiger partial charge < -0.3 is 47.7 Å². The van der Waals surface area contributed by atoms with Gasteiger partial charge in [0, 0.05) is 21.6 Å². The number of methoxy groups -OCH3 is 3. The second-order valence-corrected chi connectivity index (χ2v) is 34.2. The van der Waals surface area contributed by atoms with Crippen LogP contribution in [0.1, 0.15) is 135 Å². The molecule has 121 heavy (non-hydrogen) atoms. The number of thiazole rings is 3. The van der Waals surface area contributed by atoms with Crippen molar-refractivity contribution >= 4 is 110 Å². The molecule has 3 unspecified atom stereocenters. The van der Waals surface area contributed by atoms with Gasteiger partial charge in [-0.2, -0.15) is 0 Å². The molecule has 3 aliphatic rings. The predicted molar refractivity (Wildman–Crippen MR) is 473 cm³/mol. The number of thiophene rings is 3. The smallest absolute Gasteiger partial charge is 0.338 e. The number of fused-ring (bicyclic) bond motifs is 3. The zero-order valence-electron chi connectivity index (χ0n) is 68.5. The number of aliphatic carboxylic acids is 1. The molecule has 0 amide bonds. The van der Waals surface area contributed by atoms with Crippen LogP contribution in [0.4, 0.5) is 0 Å². The van der Waals surface area contributed by atoms with E-state index in [1.165, 1.54) is 68.0 Å². The fraction of sp³-hybridized carbons (Fsp3) is 0.239. The highest BCUT2D eigenvalue weighted by Crippen LogP contribution is 2.38. The highest BCUT2D eigenvalue weighted by Gasteiger charge is 2.38. The minimum atomic E-state index is -0.833. The molecular formula is C92H88N6O17S6. The molecule has 3 aliphatic heterocycles. The third-order valence-electron chi connectivity index (χ3n) is 18.4. The summed E-state index contributed by atoms with van der Waals surface area (Å²) in [5.41, 5.74) is 7.64. The number of hydrogen-bond acceptors (Lipinski definition) is 25. The Morgan fingerprint density at radius 3 is 0.868 bits per heavy atom. The molecule has 23 nitrogen and oxygen atoms in total. The van der Waals surface area contributed by atoms with Crippen molar-refractivity contribution in [1.29, 1.82) is 0 Å². The van der Waals surface area contributed by atoms with Crippen LogP contribution in [0.15, 0.2) is 261 Å². The number of aromatic nitrogens is 3. The van der Waals surface area contributed by atoms with Crippen LogP contribution in [0, 0.1) is 0 Å². The number of carbonyl (C=O) groups excluding carboxylic acids is 3. The van der Waals surface area contributed by atoms with E-state index in [9.17, 15) is 28.8 Å². The molecule has 12 aromatic rings. The Balaban J connectivity index is 0.000000162. The molecule has 0 spiro atoms. The molecule has 9 heterocycles. The number of carbonyl (C=O) groups is 4. The maximum atomic E-state index is 13.8. The summed E-state index contributed by atoms with van der Waals surface area (Å²) in [4.78, 5) is 108. The molecule has 0 saturated carbocycles. The molecule has 0 bridgehead atoms. The summed E-state index contributed by atoms with van der Waals surface area (Å²) in [7, 11) is 4.76. The number of benzene rings is 6. The Kier molecular flexibility index (Phi) is 29.5. The van der Waals surface area contributed by atoms with Crippen molar-refractivity contribution in [3.05, 3.63) is 339 Å². The van der Waals surface area contributed by atoms with Gasteiger partial charge in [-0.3, -0.25) is 32.9 Å². The van der Waals surface area contributed by atoms with Gasteiger partial charge in [0.15, 0.2) is 48.9 Å². The Morgan fingerprint density at radius 1 is 0.388 bits per heavy atom. The van der Waals surface area contributed by atoms with E-state index in [1.54, 1.807) is 97.3 Å². The van der Waals surface area contributed by atoms with Crippen LogP contribution in [0.25, 0.3) is 18.2 Å². The minimum Gasteiger partial charge on any atom is -0.493 e. The van der Waals surface area contributed by atoms with Crippen LogP contribution in [-0.2, 0) is 53.2 Å². The Labute approximate surface area is 720 Å². The lowest BCUT2D eigenvalue weighted by molar-refractivity contribution is -0.144. The standard InChI is InChI=1S/3C30H28N2O5S2.C2H4O2/c3*1-18(2)37-29(34)26-19(3)31-30-32(27(26)24-11-8-14-38-24)28(33)25(39-30)16-21-12-13-22(23(15-21)35-4)36-17-20-9-6-5-7-10-20;1-2(3)4/h3*5-16,18,27H,17H2,1-4H3;1H3,(H,3,4)/b3*25-16+;. The molecule has 624 valence electrons. The molecule has 3 atom stereocenters. The molecule has 0 saturated heterocycles. The Hall–Kier alpha value is -12.4. The molecule has 15 rings (SSSR count). The van der Waals surface area contributed by atoms with Gasteiger partial charge in [-0.1, -0.05) is 161 Å². The van der Waals surface area contributed by atoms with Gasteiger partial charge >= 0.3 is 17.9 Å². The molecule has 0 fully saturated rings. The first-order valence-corrected chi connectivity index (χ1v) is 43.4. The van der Waals surface area contributed by atoms with Gasteiger partial charge in [-0.15, -0.1) is 34.0 Å². The molecular weight excluding hydrogens is 1650 g/mol.